The average Bonchev–Trinajstić information content (AvgIpc) is 3.36. The number of aromatic nitrogens is 1. The normalized spacial score (nSPS) is 15.4. The van der Waals surface area contributed by atoms with E-state index in [1.54, 1.807) is 30.3 Å². The molecule has 1 aromatic carbocycles. The molecule has 3 aromatic rings. The van der Waals surface area contributed by atoms with Crippen LogP contribution in [0.2, 0.25) is 0 Å². The fourth-order valence-corrected chi connectivity index (χ4v) is 3.63. The molecular weight excluding hydrogens is 414 g/mol. The van der Waals surface area contributed by atoms with E-state index < -0.39 is 23.8 Å². The summed E-state index contributed by atoms with van der Waals surface area (Å²) in [6.45, 7) is 3.55. The first-order chi connectivity index (χ1) is 15.3. The Morgan fingerprint density at radius 1 is 1.12 bits per heavy atom. The van der Waals surface area contributed by atoms with Gasteiger partial charge in [-0.3, -0.25) is 19.8 Å². The molecule has 9 nitrogen and oxygen atoms in total. The quantitative estimate of drug-likeness (QED) is 0.483. The molecule has 1 aliphatic heterocycles. The Labute approximate surface area is 182 Å². The number of nitrogens with zero attached hydrogens (tertiary/aromatic N) is 2. The van der Waals surface area contributed by atoms with E-state index >= 15 is 0 Å². The number of furan rings is 1. The van der Waals surface area contributed by atoms with Crippen LogP contribution in [0.5, 0.6) is 0 Å². The van der Waals surface area contributed by atoms with Gasteiger partial charge in [0.1, 0.15) is 11.3 Å². The van der Waals surface area contributed by atoms with Crippen LogP contribution in [0.15, 0.2) is 58.7 Å². The van der Waals surface area contributed by atoms with Crippen molar-refractivity contribution in [1.29, 1.82) is 0 Å². The topological polar surface area (TPSA) is 125 Å². The van der Waals surface area contributed by atoms with Crippen molar-refractivity contribution in [2.75, 3.05) is 0 Å². The Hall–Kier alpha value is -4.40. The van der Waals surface area contributed by atoms with Gasteiger partial charge in [0.05, 0.1) is 18.8 Å². The van der Waals surface area contributed by atoms with E-state index in [0.717, 1.165) is 16.3 Å². The number of urea groups is 1. The zero-order valence-corrected chi connectivity index (χ0v) is 17.2. The zero-order valence-electron chi connectivity index (χ0n) is 17.2. The van der Waals surface area contributed by atoms with E-state index in [-0.39, 0.29) is 17.7 Å². The lowest BCUT2D eigenvalue weighted by Crippen LogP contribution is -2.53. The summed E-state index contributed by atoms with van der Waals surface area (Å²) < 4.78 is 7.06. The molecule has 32 heavy (non-hydrogen) atoms. The third kappa shape index (κ3) is 3.71. The summed E-state index contributed by atoms with van der Waals surface area (Å²) >= 11 is 0. The number of carbonyl (C=O) groups is 4. The van der Waals surface area contributed by atoms with Gasteiger partial charge in [-0.15, -0.1) is 0 Å². The predicted octanol–water partition coefficient (Wildman–Crippen LogP) is 1.71. The molecule has 0 unspecified atom stereocenters. The summed E-state index contributed by atoms with van der Waals surface area (Å²) in [5, 5.41) is 13.2. The Bertz CT molecular complexity index is 1270. The molecule has 9 heteroatoms. The van der Waals surface area contributed by atoms with Crippen LogP contribution in [-0.4, -0.2) is 33.3 Å². The lowest BCUT2D eigenvalue weighted by atomic mass is 10.1. The molecule has 4 amide bonds. The van der Waals surface area contributed by atoms with E-state index in [2.05, 4.69) is 5.32 Å². The van der Waals surface area contributed by atoms with E-state index in [1.807, 2.05) is 18.4 Å². The van der Waals surface area contributed by atoms with Crippen LogP contribution >= 0.6 is 0 Å². The number of rotatable bonds is 5. The van der Waals surface area contributed by atoms with Crippen molar-refractivity contribution >= 4 is 29.9 Å². The number of imide groups is 2. The first-order valence-corrected chi connectivity index (χ1v) is 9.68. The first-order valence-electron chi connectivity index (χ1n) is 9.68. The van der Waals surface area contributed by atoms with Crippen LogP contribution in [0.3, 0.4) is 0 Å². The van der Waals surface area contributed by atoms with Gasteiger partial charge in [-0.2, -0.15) is 0 Å². The second kappa shape index (κ2) is 8.03. The van der Waals surface area contributed by atoms with Crippen molar-refractivity contribution < 1.29 is 28.7 Å². The average molecular weight is 432 g/mol. The molecule has 1 aliphatic rings. The number of carboxylic acid groups (broad SMARTS) is 1. The highest BCUT2D eigenvalue weighted by Crippen LogP contribution is 2.25. The molecule has 2 aromatic heterocycles. The molecule has 0 spiro atoms. The summed E-state index contributed by atoms with van der Waals surface area (Å²) in [5.41, 5.74) is 2.74. The summed E-state index contributed by atoms with van der Waals surface area (Å²) in [5.74, 6) is -2.36. The van der Waals surface area contributed by atoms with Gasteiger partial charge in [0, 0.05) is 17.1 Å². The number of benzene rings is 1. The number of carboxylic acids is 1. The van der Waals surface area contributed by atoms with Crippen molar-refractivity contribution in [3.63, 3.8) is 0 Å². The number of aryl methyl sites for hydroxylation is 1. The Morgan fingerprint density at radius 2 is 1.84 bits per heavy atom. The second-order valence-corrected chi connectivity index (χ2v) is 7.28. The monoisotopic (exact) mass is 432 g/mol. The maximum Gasteiger partial charge on any atom is 0.331 e. The number of hydrogen-bond acceptors (Lipinski definition) is 6. The number of hydrogen-bond donors (Lipinski definition) is 1. The van der Waals surface area contributed by atoms with E-state index in [0.29, 0.717) is 17.0 Å². The van der Waals surface area contributed by atoms with Crippen molar-refractivity contribution in [2.45, 2.75) is 20.4 Å². The van der Waals surface area contributed by atoms with Crippen molar-refractivity contribution in [2.24, 2.45) is 0 Å². The van der Waals surface area contributed by atoms with Gasteiger partial charge in [0.2, 0.25) is 0 Å². The first kappa shape index (κ1) is 20.9. The number of aromatic carboxylic acids is 1. The summed E-state index contributed by atoms with van der Waals surface area (Å²) in [6, 6.07) is 10.4. The van der Waals surface area contributed by atoms with Gasteiger partial charge in [0.25, 0.3) is 11.8 Å². The van der Waals surface area contributed by atoms with Crippen LogP contribution in [0.4, 0.5) is 4.79 Å². The molecule has 1 fully saturated rings. The third-order valence-corrected chi connectivity index (χ3v) is 5.21. The van der Waals surface area contributed by atoms with Crippen molar-refractivity contribution in [3.8, 4) is 5.69 Å². The van der Waals surface area contributed by atoms with Gasteiger partial charge < -0.3 is 18.9 Å². The highest BCUT2D eigenvalue weighted by atomic mass is 16.4. The highest BCUT2D eigenvalue weighted by Gasteiger charge is 2.36. The molecule has 3 heterocycles. The minimum absolute atomic E-state index is 0.0596. The molecule has 162 valence electrons. The van der Waals surface area contributed by atoms with E-state index in [9.17, 15) is 24.3 Å². The van der Waals surface area contributed by atoms with E-state index in [4.69, 9.17) is 4.42 Å². The van der Waals surface area contributed by atoms with Crippen LogP contribution in [0, 0.1) is 13.8 Å². The second-order valence-electron chi connectivity index (χ2n) is 7.28. The van der Waals surface area contributed by atoms with Crippen LogP contribution < -0.4 is 10.4 Å². The molecule has 1 saturated heterocycles. The molecule has 0 atom stereocenters. The fraction of sp³-hybridized carbons (Fsp3) is 0.130. The molecule has 0 saturated carbocycles. The Balaban J connectivity index is 1.69. The van der Waals surface area contributed by atoms with Crippen LogP contribution in [0.1, 0.15) is 33.1 Å². The standard InChI is InChI=1S/C23H19N3O6/c1-13-10-16(14(2)26(13)17-7-5-15(6-8-17)22(29)30)11-19-20(27)24-23(31)25(21(19)28)12-18-4-3-9-32-18/h3-11H,12H2,1-2H3,(H,29,30)(H,24,27,31)/p-1/b19-11+. The molecular formula is C23H18N3O6-. The molecule has 0 bridgehead atoms. The molecule has 1 N–H and O–H groups in total. The van der Waals surface area contributed by atoms with Gasteiger partial charge in [-0.25, -0.2) is 4.79 Å². The minimum Gasteiger partial charge on any atom is -0.545 e. The highest BCUT2D eigenvalue weighted by molar-refractivity contribution is 6.31. The predicted molar refractivity (Wildman–Crippen MR) is 110 cm³/mol. The lowest BCUT2D eigenvalue weighted by molar-refractivity contribution is -0.255. The van der Waals surface area contributed by atoms with Gasteiger partial charge in [0.15, 0.2) is 0 Å². The van der Waals surface area contributed by atoms with E-state index in [1.165, 1.54) is 24.5 Å². The summed E-state index contributed by atoms with van der Waals surface area (Å²) in [6.07, 6.45) is 2.87. The van der Waals surface area contributed by atoms with Crippen molar-refractivity contribution in [1.82, 2.24) is 14.8 Å². The van der Waals surface area contributed by atoms with Crippen LogP contribution in [-0.2, 0) is 16.1 Å². The smallest absolute Gasteiger partial charge is 0.331 e. The van der Waals surface area contributed by atoms with Crippen molar-refractivity contribution in [3.05, 3.63) is 82.6 Å². The lowest BCUT2D eigenvalue weighted by Gasteiger charge is -2.25. The summed E-state index contributed by atoms with van der Waals surface area (Å²) in [4.78, 5) is 49.4. The maximum absolute atomic E-state index is 12.9. The van der Waals surface area contributed by atoms with Crippen LogP contribution in [0.25, 0.3) is 11.8 Å². The minimum atomic E-state index is -1.27. The Kier molecular flexibility index (Phi) is 5.23. The van der Waals surface area contributed by atoms with Gasteiger partial charge in [-0.05, 0) is 61.4 Å². The number of barbiturate groups is 1. The van der Waals surface area contributed by atoms with Gasteiger partial charge >= 0.3 is 6.03 Å². The number of amides is 4. The SMILES string of the molecule is Cc1cc(/C=C2\C(=O)NC(=O)N(Cc3ccco3)C2=O)c(C)n1-c1ccc(C(=O)[O-])cc1. The Morgan fingerprint density at radius 3 is 2.47 bits per heavy atom. The fourth-order valence-electron chi connectivity index (χ4n) is 3.63. The number of nitrogens with one attached hydrogen (secondary N) is 1. The summed E-state index contributed by atoms with van der Waals surface area (Å²) in [7, 11) is 0. The molecule has 0 aliphatic carbocycles. The molecule has 4 rings (SSSR count). The number of carbonyl (C=O) groups excluding carboxylic acids is 4. The molecule has 0 radical (unpaired) electrons. The van der Waals surface area contributed by atoms with Gasteiger partial charge in [-0.1, -0.05) is 12.1 Å². The zero-order chi connectivity index (χ0) is 23.0. The third-order valence-electron chi connectivity index (χ3n) is 5.21. The maximum atomic E-state index is 12.9. The largest absolute Gasteiger partial charge is 0.545 e.